The topological polar surface area (TPSA) is 20.2 Å². The van der Waals surface area contributed by atoms with Crippen LogP contribution in [0.2, 0.25) is 0 Å². The molecule has 1 fully saturated rings. The molecule has 1 aliphatic carbocycles. The van der Waals surface area contributed by atoms with E-state index in [0.717, 1.165) is 12.8 Å². The third-order valence-corrected chi connectivity index (χ3v) is 4.52. The normalized spacial score (nSPS) is 24.0. The number of rotatable bonds is 5. The van der Waals surface area contributed by atoms with Crippen molar-refractivity contribution < 1.29 is 5.11 Å². The molecule has 0 aliphatic heterocycles. The molecule has 1 aromatic rings. The van der Waals surface area contributed by atoms with Crippen LogP contribution in [-0.2, 0) is 0 Å². The Balaban J connectivity index is 2.37. The van der Waals surface area contributed by atoms with Gasteiger partial charge in [-0.1, -0.05) is 52.8 Å². The summed E-state index contributed by atoms with van der Waals surface area (Å²) in [6, 6.07) is 7.10. The first-order valence-corrected chi connectivity index (χ1v) is 7.76. The van der Waals surface area contributed by atoms with E-state index in [4.69, 9.17) is 0 Å². The molecular formula is C18H28O. The van der Waals surface area contributed by atoms with Gasteiger partial charge in [-0.3, -0.25) is 0 Å². The van der Waals surface area contributed by atoms with Crippen molar-refractivity contribution in [1.82, 2.24) is 0 Å². The second-order valence-corrected chi connectivity index (χ2v) is 6.72. The standard InChI is InChI=1S/C18H28O/c1-6-16(17-10-18(17)19)15-8-13(11(2)3)7-14(9-15)12(4)5/h7-9,11-12,16-19H,6,10H2,1-5H3/t16?,17?,18-/m0/s1. The monoisotopic (exact) mass is 260 g/mol. The van der Waals surface area contributed by atoms with Crippen molar-refractivity contribution in [2.24, 2.45) is 5.92 Å². The van der Waals surface area contributed by atoms with Crippen LogP contribution in [0.3, 0.4) is 0 Å². The Morgan fingerprint density at radius 1 is 1.00 bits per heavy atom. The first-order chi connectivity index (χ1) is 8.93. The Bertz CT molecular complexity index is 407. The van der Waals surface area contributed by atoms with Crippen LogP contribution < -0.4 is 0 Å². The van der Waals surface area contributed by atoms with Crippen molar-refractivity contribution in [2.75, 3.05) is 0 Å². The summed E-state index contributed by atoms with van der Waals surface area (Å²) in [5, 5.41) is 9.75. The van der Waals surface area contributed by atoms with Crippen LogP contribution >= 0.6 is 0 Å². The van der Waals surface area contributed by atoms with E-state index in [9.17, 15) is 5.11 Å². The third-order valence-electron chi connectivity index (χ3n) is 4.52. The highest BCUT2D eigenvalue weighted by Gasteiger charge is 2.41. The fourth-order valence-corrected chi connectivity index (χ4v) is 3.00. The Labute approximate surface area is 118 Å². The second-order valence-electron chi connectivity index (χ2n) is 6.72. The van der Waals surface area contributed by atoms with Gasteiger partial charge in [-0.15, -0.1) is 0 Å². The molecule has 1 nitrogen and oxygen atoms in total. The molecule has 1 N–H and O–H groups in total. The van der Waals surface area contributed by atoms with Crippen LogP contribution in [0, 0.1) is 5.92 Å². The van der Waals surface area contributed by atoms with Crippen molar-refractivity contribution in [3.05, 3.63) is 34.9 Å². The van der Waals surface area contributed by atoms with Crippen LogP contribution in [0.25, 0.3) is 0 Å². The van der Waals surface area contributed by atoms with Gasteiger partial charge in [0.1, 0.15) is 0 Å². The lowest BCUT2D eigenvalue weighted by atomic mass is 9.85. The molecule has 0 amide bonds. The lowest BCUT2D eigenvalue weighted by molar-refractivity contribution is 0.250. The van der Waals surface area contributed by atoms with Gasteiger partial charge in [0, 0.05) is 0 Å². The minimum atomic E-state index is -0.0600. The van der Waals surface area contributed by atoms with E-state index in [0.29, 0.717) is 23.7 Å². The fourth-order valence-electron chi connectivity index (χ4n) is 3.00. The summed E-state index contributed by atoms with van der Waals surface area (Å²) in [5.74, 6) is 2.16. The molecule has 0 bridgehead atoms. The Morgan fingerprint density at radius 2 is 1.42 bits per heavy atom. The zero-order valence-corrected chi connectivity index (χ0v) is 13.0. The molecule has 1 aliphatic rings. The molecule has 0 spiro atoms. The minimum absolute atomic E-state index is 0.0600. The first-order valence-electron chi connectivity index (χ1n) is 7.76. The summed E-state index contributed by atoms with van der Waals surface area (Å²) in [7, 11) is 0. The zero-order valence-electron chi connectivity index (χ0n) is 13.0. The van der Waals surface area contributed by atoms with E-state index in [1.54, 1.807) is 0 Å². The highest BCUT2D eigenvalue weighted by molar-refractivity contribution is 5.36. The quantitative estimate of drug-likeness (QED) is 0.805. The molecule has 2 rings (SSSR count). The van der Waals surface area contributed by atoms with Crippen LogP contribution in [0.4, 0.5) is 0 Å². The van der Waals surface area contributed by atoms with Crippen molar-refractivity contribution in [1.29, 1.82) is 0 Å². The van der Waals surface area contributed by atoms with E-state index >= 15 is 0 Å². The Hall–Kier alpha value is -0.820. The Morgan fingerprint density at radius 3 is 1.74 bits per heavy atom. The minimum Gasteiger partial charge on any atom is -0.393 e. The lowest BCUT2D eigenvalue weighted by Crippen LogP contribution is -2.06. The van der Waals surface area contributed by atoms with Gasteiger partial charge in [-0.05, 0) is 53.2 Å². The maximum absolute atomic E-state index is 9.75. The van der Waals surface area contributed by atoms with Gasteiger partial charge in [0.25, 0.3) is 0 Å². The average molecular weight is 260 g/mol. The summed E-state index contributed by atoms with van der Waals surface area (Å²) >= 11 is 0. The van der Waals surface area contributed by atoms with Crippen LogP contribution in [0.1, 0.15) is 81.9 Å². The summed E-state index contributed by atoms with van der Waals surface area (Å²) in [6.45, 7) is 11.3. The summed E-state index contributed by atoms with van der Waals surface area (Å²) in [4.78, 5) is 0. The number of benzene rings is 1. The molecular weight excluding hydrogens is 232 g/mol. The van der Waals surface area contributed by atoms with Gasteiger partial charge in [0.2, 0.25) is 0 Å². The number of hydrogen-bond donors (Lipinski definition) is 1. The van der Waals surface area contributed by atoms with Gasteiger partial charge in [0.05, 0.1) is 6.10 Å². The molecule has 0 aromatic heterocycles. The second kappa shape index (κ2) is 5.66. The third kappa shape index (κ3) is 3.20. The van der Waals surface area contributed by atoms with E-state index in [-0.39, 0.29) is 6.10 Å². The number of hydrogen-bond acceptors (Lipinski definition) is 1. The maximum atomic E-state index is 9.75. The molecule has 0 heterocycles. The molecule has 0 saturated heterocycles. The molecule has 19 heavy (non-hydrogen) atoms. The van der Waals surface area contributed by atoms with E-state index in [1.165, 1.54) is 16.7 Å². The highest BCUT2D eigenvalue weighted by Crippen LogP contribution is 2.45. The summed E-state index contributed by atoms with van der Waals surface area (Å²) in [5.41, 5.74) is 4.32. The molecule has 1 heteroatoms. The SMILES string of the molecule is CCC(c1cc(C(C)C)cc(C(C)C)c1)C1C[C@@H]1O. The van der Waals surface area contributed by atoms with E-state index in [1.807, 2.05) is 0 Å². The predicted molar refractivity (Wildman–Crippen MR) is 81.8 cm³/mol. The van der Waals surface area contributed by atoms with Gasteiger partial charge in [0.15, 0.2) is 0 Å². The molecule has 2 unspecified atom stereocenters. The van der Waals surface area contributed by atoms with E-state index < -0.39 is 0 Å². The molecule has 3 atom stereocenters. The highest BCUT2D eigenvalue weighted by atomic mass is 16.3. The first kappa shape index (κ1) is 14.6. The largest absolute Gasteiger partial charge is 0.393 e. The maximum Gasteiger partial charge on any atom is 0.0579 e. The van der Waals surface area contributed by atoms with Gasteiger partial charge in [-0.25, -0.2) is 0 Å². The number of aliphatic hydroxyl groups excluding tert-OH is 1. The lowest BCUT2D eigenvalue weighted by Gasteiger charge is -2.20. The van der Waals surface area contributed by atoms with Crippen molar-refractivity contribution in [3.63, 3.8) is 0 Å². The van der Waals surface area contributed by atoms with Crippen LogP contribution in [0.15, 0.2) is 18.2 Å². The van der Waals surface area contributed by atoms with Crippen molar-refractivity contribution in [2.45, 2.75) is 71.3 Å². The van der Waals surface area contributed by atoms with Crippen LogP contribution in [-0.4, -0.2) is 11.2 Å². The predicted octanol–water partition coefficient (Wildman–Crippen LogP) is 4.81. The number of aliphatic hydroxyl groups is 1. The van der Waals surface area contributed by atoms with Gasteiger partial charge < -0.3 is 5.11 Å². The molecule has 0 radical (unpaired) electrons. The van der Waals surface area contributed by atoms with Crippen molar-refractivity contribution in [3.8, 4) is 0 Å². The van der Waals surface area contributed by atoms with Gasteiger partial charge >= 0.3 is 0 Å². The smallest absolute Gasteiger partial charge is 0.0579 e. The summed E-state index contributed by atoms with van der Waals surface area (Å²) < 4.78 is 0. The van der Waals surface area contributed by atoms with E-state index in [2.05, 4.69) is 52.8 Å². The zero-order chi connectivity index (χ0) is 14.2. The fraction of sp³-hybridized carbons (Fsp3) is 0.667. The van der Waals surface area contributed by atoms with Crippen LogP contribution in [0.5, 0.6) is 0 Å². The van der Waals surface area contributed by atoms with Gasteiger partial charge in [-0.2, -0.15) is 0 Å². The Kier molecular flexibility index (Phi) is 4.35. The molecule has 106 valence electrons. The summed E-state index contributed by atoms with van der Waals surface area (Å²) in [6.07, 6.45) is 2.05. The van der Waals surface area contributed by atoms with Crippen molar-refractivity contribution >= 4 is 0 Å². The molecule has 1 aromatic carbocycles. The average Bonchev–Trinajstić information content (AvgIpc) is 3.06. The molecule has 1 saturated carbocycles.